The summed E-state index contributed by atoms with van der Waals surface area (Å²) in [5.41, 5.74) is 2.16. The van der Waals surface area contributed by atoms with Gasteiger partial charge in [-0.1, -0.05) is 31.2 Å². The van der Waals surface area contributed by atoms with Gasteiger partial charge in [0.2, 0.25) is 5.78 Å². The highest BCUT2D eigenvalue weighted by Crippen LogP contribution is 2.56. The molecule has 0 saturated carbocycles. The molecule has 0 spiro atoms. The Morgan fingerprint density at radius 3 is 2.23 bits per heavy atom. The quantitative estimate of drug-likeness (QED) is 0.303. The normalized spacial score (nSPS) is 29.7. The van der Waals surface area contributed by atoms with E-state index in [9.17, 15) is 39.9 Å². The Morgan fingerprint density at radius 2 is 1.68 bits per heavy atom. The number of benzene rings is 2. The van der Waals surface area contributed by atoms with Crippen molar-refractivity contribution in [1.82, 2.24) is 4.90 Å². The third-order valence-electron chi connectivity index (χ3n) is 8.53. The van der Waals surface area contributed by atoms with Crippen LogP contribution in [-0.2, 0) is 9.59 Å². The molecule has 11 heteroatoms. The average molecular weight is 551 g/mol. The topological polar surface area (TPSA) is 191 Å². The van der Waals surface area contributed by atoms with E-state index in [4.69, 9.17) is 10.5 Å². The fourth-order valence-electron chi connectivity index (χ4n) is 6.63. The van der Waals surface area contributed by atoms with Crippen molar-refractivity contribution < 1.29 is 44.7 Å². The molecule has 11 nitrogen and oxygen atoms in total. The Balaban J connectivity index is 1.74. The predicted octanol–water partition coefficient (Wildman–Crippen LogP) is 1.33. The molecule has 6 atom stereocenters. The molecule has 0 bridgehead atoms. The maximum absolute atomic E-state index is 14.0. The number of likely N-dealkylation sites (N-methyl/N-ethyl adjacent to an activating group) is 1. The number of nitrogens with zero attached hydrogens (tertiary/aromatic N) is 1. The van der Waals surface area contributed by atoms with Gasteiger partial charge in [0.1, 0.15) is 28.6 Å². The van der Waals surface area contributed by atoms with Crippen LogP contribution in [0.2, 0.25) is 0 Å². The van der Waals surface area contributed by atoms with Gasteiger partial charge in [0, 0.05) is 17.1 Å². The third kappa shape index (κ3) is 3.44. The second-order valence-corrected chi connectivity index (χ2v) is 10.7. The maximum atomic E-state index is 14.0. The van der Waals surface area contributed by atoms with Gasteiger partial charge >= 0.3 is 0 Å². The van der Waals surface area contributed by atoms with Crippen LogP contribution >= 0.6 is 0 Å². The highest BCUT2D eigenvalue weighted by Gasteiger charge is 2.67. The summed E-state index contributed by atoms with van der Waals surface area (Å²) in [4.78, 5) is 41.0. The van der Waals surface area contributed by atoms with Crippen molar-refractivity contribution in [2.75, 3.05) is 21.2 Å². The summed E-state index contributed by atoms with van der Waals surface area (Å²) < 4.78 is 5.17. The van der Waals surface area contributed by atoms with E-state index in [1.54, 1.807) is 43.3 Å². The molecule has 6 unspecified atom stereocenters. The van der Waals surface area contributed by atoms with Crippen LogP contribution in [0.15, 0.2) is 59.1 Å². The van der Waals surface area contributed by atoms with Gasteiger partial charge in [0.25, 0.3) is 5.91 Å². The molecule has 1 amide bonds. The summed E-state index contributed by atoms with van der Waals surface area (Å²) in [6, 6.07) is 8.74. The second kappa shape index (κ2) is 9.19. The highest BCUT2D eigenvalue weighted by molar-refractivity contribution is 6.25. The first-order chi connectivity index (χ1) is 18.8. The van der Waals surface area contributed by atoms with Crippen LogP contribution in [0.25, 0.3) is 11.1 Å². The number of hydrogen-bond acceptors (Lipinski definition) is 10. The zero-order chi connectivity index (χ0) is 29.4. The van der Waals surface area contributed by atoms with E-state index in [0.29, 0.717) is 22.4 Å². The molecule has 40 heavy (non-hydrogen) atoms. The fourth-order valence-corrected chi connectivity index (χ4v) is 6.63. The van der Waals surface area contributed by atoms with Crippen molar-refractivity contribution in [2.24, 2.45) is 17.6 Å². The molecule has 7 N–H and O–H groups in total. The minimum absolute atomic E-state index is 0.145. The monoisotopic (exact) mass is 550 g/mol. The van der Waals surface area contributed by atoms with Crippen LogP contribution < -0.4 is 10.5 Å². The number of hydrogen-bond donors (Lipinski definition) is 6. The van der Waals surface area contributed by atoms with Gasteiger partial charge in [-0.25, -0.2) is 0 Å². The Bertz CT molecular complexity index is 1520. The summed E-state index contributed by atoms with van der Waals surface area (Å²) in [6.07, 6.45) is -1.64. The van der Waals surface area contributed by atoms with Crippen molar-refractivity contribution in [2.45, 2.75) is 30.6 Å². The number of methoxy groups -OCH3 is 1. The molecule has 3 aliphatic rings. The first kappa shape index (κ1) is 27.4. The SMILES string of the molecule is COc1ccc(-c2ccc3c(c2O)C(=O)C2=C(O)C4(O)C(=O)C(C(N)=O)=C(O)C(N(C)C)C4C(O)C2C3C)cc1. The van der Waals surface area contributed by atoms with Crippen LogP contribution in [0, 0.1) is 11.8 Å². The predicted molar refractivity (Wildman–Crippen MR) is 142 cm³/mol. The van der Waals surface area contributed by atoms with Crippen LogP contribution in [0.5, 0.6) is 11.5 Å². The smallest absolute Gasteiger partial charge is 0.255 e. The largest absolute Gasteiger partial charge is 0.510 e. The molecule has 0 fully saturated rings. The van der Waals surface area contributed by atoms with E-state index in [-0.39, 0.29) is 11.3 Å². The summed E-state index contributed by atoms with van der Waals surface area (Å²) >= 11 is 0. The van der Waals surface area contributed by atoms with E-state index in [2.05, 4.69) is 0 Å². The zero-order valence-corrected chi connectivity index (χ0v) is 22.2. The molecule has 2 aromatic carbocycles. The number of ketones is 2. The van der Waals surface area contributed by atoms with Crippen LogP contribution in [0.3, 0.4) is 0 Å². The molecule has 0 saturated heterocycles. The van der Waals surface area contributed by atoms with Gasteiger partial charge in [0.05, 0.1) is 30.7 Å². The number of aromatic hydroxyl groups is 1. The van der Waals surface area contributed by atoms with E-state index in [1.165, 1.54) is 26.1 Å². The summed E-state index contributed by atoms with van der Waals surface area (Å²) in [5.74, 6) is -8.59. The highest BCUT2D eigenvalue weighted by atomic mass is 16.5. The minimum atomic E-state index is -2.95. The first-order valence-electron chi connectivity index (χ1n) is 12.6. The molecule has 0 heterocycles. The number of nitrogens with two attached hydrogens (primary N) is 1. The summed E-state index contributed by atoms with van der Waals surface area (Å²) in [7, 11) is 4.49. The number of aliphatic hydroxyl groups excluding tert-OH is 3. The summed E-state index contributed by atoms with van der Waals surface area (Å²) in [5, 5.41) is 57.1. The molecular weight excluding hydrogens is 520 g/mol. The number of carbonyl (C=O) groups is 3. The van der Waals surface area contributed by atoms with E-state index < -0.39 is 75.6 Å². The van der Waals surface area contributed by atoms with Gasteiger partial charge in [0.15, 0.2) is 11.4 Å². The number of rotatable bonds is 4. The minimum Gasteiger partial charge on any atom is -0.510 e. The Kier molecular flexibility index (Phi) is 6.29. The lowest BCUT2D eigenvalue weighted by atomic mass is 9.55. The number of aliphatic hydroxyl groups is 4. The number of phenolic OH excluding ortho intramolecular Hbond substituents is 1. The van der Waals surface area contributed by atoms with E-state index in [1.807, 2.05) is 0 Å². The number of primary amides is 1. The number of ether oxygens (including phenoxy) is 1. The van der Waals surface area contributed by atoms with Gasteiger partial charge in [-0.3, -0.25) is 19.3 Å². The lowest BCUT2D eigenvalue weighted by Crippen LogP contribution is -2.68. The van der Waals surface area contributed by atoms with Crippen molar-refractivity contribution in [3.63, 3.8) is 0 Å². The van der Waals surface area contributed by atoms with E-state index in [0.717, 1.165) is 0 Å². The van der Waals surface area contributed by atoms with Crippen LogP contribution in [0.1, 0.15) is 28.8 Å². The van der Waals surface area contributed by atoms with Crippen LogP contribution in [0.4, 0.5) is 0 Å². The third-order valence-corrected chi connectivity index (χ3v) is 8.53. The Labute approximate surface area is 229 Å². The standard InChI is InChI=1S/C29H30N2O9/c1-11-14-9-10-15(12-5-7-13(40-4)8-6-12)22(32)17(14)23(33)18-16(11)24(34)20-21(31(2)3)25(35)19(28(30)38)27(37)29(20,39)26(18)36/h5-11,16,20-21,24,32,34-36,39H,1-4H3,(H2,30,38). The average Bonchev–Trinajstić information content (AvgIpc) is 2.90. The molecule has 5 rings (SSSR count). The lowest BCUT2D eigenvalue weighted by molar-refractivity contribution is -0.162. The molecular formula is C29H30N2O9. The molecule has 2 aromatic rings. The summed E-state index contributed by atoms with van der Waals surface area (Å²) in [6.45, 7) is 1.68. The molecule has 0 aromatic heterocycles. The Hall–Kier alpha value is -4.19. The maximum Gasteiger partial charge on any atom is 0.255 e. The molecule has 210 valence electrons. The van der Waals surface area contributed by atoms with Crippen molar-refractivity contribution in [1.29, 1.82) is 0 Å². The van der Waals surface area contributed by atoms with Crippen molar-refractivity contribution in [3.05, 3.63) is 70.2 Å². The van der Waals surface area contributed by atoms with Crippen molar-refractivity contribution >= 4 is 17.5 Å². The molecule has 3 aliphatic carbocycles. The van der Waals surface area contributed by atoms with Gasteiger partial charge in [-0.15, -0.1) is 0 Å². The van der Waals surface area contributed by atoms with Gasteiger partial charge in [-0.05, 0) is 43.3 Å². The zero-order valence-electron chi connectivity index (χ0n) is 22.2. The number of fused-ring (bicyclic) bond motifs is 3. The van der Waals surface area contributed by atoms with Crippen LogP contribution in [-0.4, -0.2) is 86.9 Å². The number of phenols is 1. The fraction of sp³-hybridized carbons (Fsp3) is 0.345. The number of amides is 1. The van der Waals surface area contributed by atoms with Crippen molar-refractivity contribution in [3.8, 4) is 22.6 Å². The Morgan fingerprint density at radius 1 is 1.05 bits per heavy atom. The second-order valence-electron chi connectivity index (χ2n) is 10.7. The first-order valence-corrected chi connectivity index (χ1v) is 12.6. The lowest BCUT2D eigenvalue weighted by Gasteiger charge is -2.53. The number of Topliss-reactive ketones (excluding diaryl/α,β-unsaturated/α-hetero) is 2. The number of carbonyl (C=O) groups excluding carboxylic acids is 3. The van der Waals surface area contributed by atoms with Gasteiger partial charge < -0.3 is 36.0 Å². The van der Waals surface area contributed by atoms with Gasteiger partial charge in [-0.2, -0.15) is 0 Å². The van der Waals surface area contributed by atoms with E-state index >= 15 is 0 Å². The molecule has 0 radical (unpaired) electrons. The molecule has 0 aliphatic heterocycles.